The van der Waals surface area contributed by atoms with Gasteiger partial charge in [-0.25, -0.2) is 0 Å². The maximum Gasteiger partial charge on any atom is 0.244 e. The fourth-order valence-corrected chi connectivity index (χ4v) is 1.87. The molecule has 4 nitrogen and oxygen atoms in total. The van der Waals surface area contributed by atoms with Crippen LogP contribution >= 0.6 is 0 Å². The fraction of sp³-hybridized carbons (Fsp3) is 0.176. The van der Waals surface area contributed by atoms with Crippen molar-refractivity contribution in [2.24, 2.45) is 0 Å². The van der Waals surface area contributed by atoms with Crippen LogP contribution in [0.2, 0.25) is 0 Å². The van der Waals surface area contributed by atoms with Gasteiger partial charge >= 0.3 is 0 Å². The number of allylic oxidation sites excluding steroid dienone is 1. The van der Waals surface area contributed by atoms with Crippen molar-refractivity contribution in [1.82, 2.24) is 10.3 Å². The molecular weight excluding hydrogens is 264 g/mol. The number of amides is 1. The zero-order chi connectivity index (χ0) is 15.1. The van der Waals surface area contributed by atoms with Crippen LogP contribution in [-0.4, -0.2) is 18.0 Å². The van der Waals surface area contributed by atoms with Gasteiger partial charge < -0.3 is 10.1 Å². The molecule has 0 atom stereocenters. The topological polar surface area (TPSA) is 51.2 Å². The first-order valence-corrected chi connectivity index (χ1v) is 6.68. The lowest BCUT2D eigenvalue weighted by Crippen LogP contribution is -2.20. The summed E-state index contributed by atoms with van der Waals surface area (Å²) in [6, 6.07) is 11.4. The van der Waals surface area contributed by atoms with Gasteiger partial charge in [-0.05, 0) is 47.9 Å². The zero-order valence-corrected chi connectivity index (χ0v) is 12.2. The Labute approximate surface area is 124 Å². The third-order valence-corrected chi connectivity index (χ3v) is 3.11. The third kappa shape index (κ3) is 4.45. The number of carbonyl (C=O) groups excluding carboxylic acids is 1. The molecule has 1 amide bonds. The first kappa shape index (κ1) is 14.8. The molecule has 2 aromatic rings. The van der Waals surface area contributed by atoms with E-state index in [1.807, 2.05) is 43.3 Å². The van der Waals surface area contributed by atoms with E-state index in [0.717, 1.165) is 22.4 Å². The number of pyridine rings is 1. The lowest BCUT2D eigenvalue weighted by atomic mass is 10.1. The van der Waals surface area contributed by atoms with Crippen molar-refractivity contribution in [3.63, 3.8) is 0 Å². The monoisotopic (exact) mass is 282 g/mol. The summed E-state index contributed by atoms with van der Waals surface area (Å²) in [4.78, 5) is 15.8. The zero-order valence-electron chi connectivity index (χ0n) is 12.2. The highest BCUT2D eigenvalue weighted by atomic mass is 16.5. The molecule has 0 radical (unpaired) electrons. The Morgan fingerprint density at radius 3 is 2.48 bits per heavy atom. The number of nitrogens with zero attached hydrogens (tertiary/aromatic N) is 1. The summed E-state index contributed by atoms with van der Waals surface area (Å²) in [6.45, 7) is 2.40. The molecular formula is C17H18N2O2. The number of hydrogen-bond donors (Lipinski definition) is 1. The smallest absolute Gasteiger partial charge is 0.244 e. The van der Waals surface area contributed by atoms with E-state index >= 15 is 0 Å². The van der Waals surface area contributed by atoms with Gasteiger partial charge in [-0.3, -0.25) is 9.78 Å². The van der Waals surface area contributed by atoms with Gasteiger partial charge in [-0.2, -0.15) is 0 Å². The van der Waals surface area contributed by atoms with Crippen LogP contribution in [0.15, 0.2) is 54.9 Å². The van der Waals surface area contributed by atoms with Crippen LogP contribution in [0.5, 0.6) is 5.75 Å². The lowest BCUT2D eigenvalue weighted by Gasteiger charge is -2.05. The van der Waals surface area contributed by atoms with Crippen LogP contribution in [0.4, 0.5) is 0 Å². The molecule has 1 aromatic carbocycles. The van der Waals surface area contributed by atoms with Crippen molar-refractivity contribution in [3.05, 3.63) is 66.0 Å². The largest absolute Gasteiger partial charge is 0.497 e. The molecule has 108 valence electrons. The highest BCUT2D eigenvalue weighted by Gasteiger charge is 2.01. The number of hydrogen-bond acceptors (Lipinski definition) is 3. The van der Waals surface area contributed by atoms with E-state index in [1.54, 1.807) is 25.6 Å². The molecule has 0 bridgehead atoms. The number of benzene rings is 1. The number of aromatic nitrogens is 1. The van der Waals surface area contributed by atoms with Crippen LogP contribution in [0.25, 0.3) is 5.57 Å². The molecule has 0 saturated heterocycles. The molecule has 2 rings (SSSR count). The van der Waals surface area contributed by atoms with Crippen molar-refractivity contribution >= 4 is 11.5 Å². The fourth-order valence-electron chi connectivity index (χ4n) is 1.87. The molecule has 1 aromatic heterocycles. The van der Waals surface area contributed by atoms with E-state index < -0.39 is 0 Å². The van der Waals surface area contributed by atoms with Gasteiger partial charge in [0.15, 0.2) is 0 Å². The predicted octanol–water partition coefficient (Wildman–Crippen LogP) is 2.81. The Kier molecular flexibility index (Phi) is 5.10. The highest BCUT2D eigenvalue weighted by molar-refractivity contribution is 5.94. The first-order valence-electron chi connectivity index (χ1n) is 6.68. The summed E-state index contributed by atoms with van der Waals surface area (Å²) in [7, 11) is 1.63. The van der Waals surface area contributed by atoms with Gasteiger partial charge in [-0.1, -0.05) is 12.1 Å². The normalized spacial score (nSPS) is 11.0. The number of methoxy groups -OCH3 is 1. The second-order valence-corrected chi connectivity index (χ2v) is 4.63. The van der Waals surface area contributed by atoms with Crippen LogP contribution in [0.3, 0.4) is 0 Å². The minimum absolute atomic E-state index is 0.111. The van der Waals surface area contributed by atoms with Crippen molar-refractivity contribution in [2.45, 2.75) is 13.5 Å². The average Bonchev–Trinajstić information content (AvgIpc) is 2.54. The van der Waals surface area contributed by atoms with E-state index in [9.17, 15) is 4.79 Å². The summed E-state index contributed by atoms with van der Waals surface area (Å²) in [5, 5.41) is 2.85. The van der Waals surface area contributed by atoms with E-state index in [2.05, 4.69) is 10.3 Å². The Balaban J connectivity index is 1.95. The van der Waals surface area contributed by atoms with Crippen LogP contribution in [0, 0.1) is 0 Å². The van der Waals surface area contributed by atoms with Gasteiger partial charge in [0.1, 0.15) is 5.75 Å². The Morgan fingerprint density at radius 1 is 1.19 bits per heavy atom. The van der Waals surface area contributed by atoms with E-state index in [1.165, 1.54) is 0 Å². The Morgan fingerprint density at radius 2 is 1.86 bits per heavy atom. The van der Waals surface area contributed by atoms with Crippen LogP contribution < -0.4 is 10.1 Å². The molecule has 0 fully saturated rings. The van der Waals surface area contributed by atoms with Crippen molar-refractivity contribution in [2.75, 3.05) is 7.11 Å². The molecule has 0 unspecified atom stereocenters. The number of rotatable bonds is 5. The van der Waals surface area contributed by atoms with Gasteiger partial charge in [0.25, 0.3) is 0 Å². The van der Waals surface area contributed by atoms with Crippen LogP contribution in [0.1, 0.15) is 18.1 Å². The van der Waals surface area contributed by atoms with Crippen LogP contribution in [-0.2, 0) is 11.3 Å². The maximum atomic E-state index is 11.9. The van der Waals surface area contributed by atoms with E-state index in [0.29, 0.717) is 6.54 Å². The summed E-state index contributed by atoms with van der Waals surface area (Å²) < 4.78 is 5.11. The molecule has 0 aliphatic heterocycles. The lowest BCUT2D eigenvalue weighted by molar-refractivity contribution is -0.116. The molecule has 0 aliphatic carbocycles. The molecule has 0 spiro atoms. The Bertz CT molecular complexity index is 619. The number of nitrogens with one attached hydrogen (secondary N) is 1. The van der Waals surface area contributed by atoms with Crippen molar-refractivity contribution in [3.8, 4) is 5.75 Å². The first-order chi connectivity index (χ1) is 10.2. The van der Waals surface area contributed by atoms with E-state index in [4.69, 9.17) is 4.74 Å². The second-order valence-electron chi connectivity index (χ2n) is 4.63. The molecule has 0 aliphatic rings. The predicted molar refractivity (Wildman–Crippen MR) is 82.7 cm³/mol. The summed E-state index contributed by atoms with van der Waals surface area (Å²) >= 11 is 0. The Hall–Kier alpha value is -2.62. The molecule has 0 saturated carbocycles. The maximum absolute atomic E-state index is 11.9. The molecule has 1 heterocycles. The summed E-state index contributed by atoms with van der Waals surface area (Å²) in [5.41, 5.74) is 2.92. The summed E-state index contributed by atoms with van der Waals surface area (Å²) in [5.74, 6) is 0.689. The molecule has 1 N–H and O–H groups in total. The van der Waals surface area contributed by atoms with Gasteiger partial charge in [0.05, 0.1) is 7.11 Å². The minimum Gasteiger partial charge on any atom is -0.497 e. The number of ether oxygens (including phenoxy) is 1. The second kappa shape index (κ2) is 7.24. The van der Waals surface area contributed by atoms with Crippen molar-refractivity contribution in [1.29, 1.82) is 0 Å². The molecule has 21 heavy (non-hydrogen) atoms. The quantitative estimate of drug-likeness (QED) is 0.858. The average molecular weight is 282 g/mol. The summed E-state index contributed by atoms with van der Waals surface area (Å²) in [6.07, 6.45) is 5.02. The minimum atomic E-state index is -0.111. The van der Waals surface area contributed by atoms with Crippen molar-refractivity contribution < 1.29 is 9.53 Å². The third-order valence-electron chi connectivity index (χ3n) is 3.11. The van der Waals surface area contributed by atoms with Gasteiger partial charge in [-0.15, -0.1) is 0 Å². The van der Waals surface area contributed by atoms with Gasteiger partial charge in [0, 0.05) is 25.0 Å². The highest BCUT2D eigenvalue weighted by Crippen LogP contribution is 2.17. The SMILES string of the molecule is COc1ccc(/C(C)=C/C(=O)NCc2ccncc2)cc1. The van der Waals surface area contributed by atoms with Gasteiger partial charge in [0.2, 0.25) is 5.91 Å². The molecule has 4 heteroatoms. The van der Waals surface area contributed by atoms with E-state index in [-0.39, 0.29) is 5.91 Å². The standard InChI is InChI=1S/C17H18N2O2/c1-13(15-3-5-16(21-2)6-4-15)11-17(20)19-12-14-7-9-18-10-8-14/h3-11H,12H2,1-2H3,(H,19,20)/b13-11+. The number of carbonyl (C=O) groups is 1.